The highest BCUT2D eigenvalue weighted by molar-refractivity contribution is 7.09. The van der Waals surface area contributed by atoms with Gasteiger partial charge in [0.1, 0.15) is 0 Å². The quantitative estimate of drug-likeness (QED) is 0.199. The van der Waals surface area contributed by atoms with Crippen LogP contribution in [0.3, 0.4) is 0 Å². The van der Waals surface area contributed by atoms with Crippen LogP contribution in [0.4, 0.5) is 0 Å². The number of ketones is 1. The fourth-order valence-corrected chi connectivity index (χ4v) is 6.30. The number of likely N-dealkylation sites (N-methyl/N-ethyl adjacent to an activating group) is 1. The number of amides is 1. The molecule has 2 rings (SSSR count). The molecule has 0 bridgehead atoms. The van der Waals surface area contributed by atoms with Crippen LogP contribution >= 0.6 is 11.3 Å². The highest BCUT2D eigenvalue weighted by Crippen LogP contribution is 2.32. The van der Waals surface area contributed by atoms with Gasteiger partial charge in [0.2, 0.25) is 5.91 Å². The SMILES string of the molecule is CCCC(=O)OCN(C(=O)[C@H](CC(=O)C1CCCCN1C)[C@@H](C)CC)[C@H](C[C@@H](C)c1nc(C(=O)O)cs1)C(C)C. The highest BCUT2D eigenvalue weighted by atomic mass is 32.1. The Bertz CT molecular complexity index is 996. The molecule has 9 nitrogen and oxygen atoms in total. The second-order valence-corrected chi connectivity index (χ2v) is 12.6. The second-order valence-electron chi connectivity index (χ2n) is 11.7. The Morgan fingerprint density at radius 1 is 1.18 bits per heavy atom. The van der Waals surface area contributed by atoms with Crippen molar-refractivity contribution in [1.82, 2.24) is 14.8 Å². The van der Waals surface area contributed by atoms with Gasteiger partial charge in [0.15, 0.2) is 18.2 Å². The minimum Gasteiger partial charge on any atom is -0.476 e. The van der Waals surface area contributed by atoms with Gasteiger partial charge in [0.25, 0.3) is 0 Å². The summed E-state index contributed by atoms with van der Waals surface area (Å²) in [5, 5.41) is 11.5. The number of aromatic nitrogens is 1. The van der Waals surface area contributed by atoms with Gasteiger partial charge < -0.3 is 14.7 Å². The summed E-state index contributed by atoms with van der Waals surface area (Å²) in [6.45, 7) is 12.7. The van der Waals surface area contributed by atoms with Crippen LogP contribution < -0.4 is 0 Å². The number of hydrogen-bond donors (Lipinski definition) is 1. The molecule has 5 atom stereocenters. The van der Waals surface area contributed by atoms with E-state index in [0.29, 0.717) is 17.8 Å². The summed E-state index contributed by atoms with van der Waals surface area (Å²) in [6, 6.07) is -0.466. The van der Waals surface area contributed by atoms with Gasteiger partial charge >= 0.3 is 11.9 Å². The van der Waals surface area contributed by atoms with E-state index in [9.17, 15) is 24.3 Å². The van der Waals surface area contributed by atoms with Crippen molar-refractivity contribution in [2.75, 3.05) is 20.3 Å². The minimum absolute atomic E-state index is 0.0115. The maximum atomic E-state index is 14.3. The van der Waals surface area contributed by atoms with E-state index < -0.39 is 11.9 Å². The Morgan fingerprint density at radius 2 is 1.88 bits per heavy atom. The molecule has 0 radical (unpaired) electrons. The number of carbonyl (C=O) groups is 4. The number of carbonyl (C=O) groups excluding carboxylic acids is 3. The van der Waals surface area contributed by atoms with E-state index in [0.717, 1.165) is 32.2 Å². The predicted molar refractivity (Wildman–Crippen MR) is 156 cm³/mol. The van der Waals surface area contributed by atoms with Gasteiger partial charge in [-0.2, -0.15) is 0 Å². The van der Waals surface area contributed by atoms with E-state index >= 15 is 0 Å². The Hall–Kier alpha value is -2.33. The van der Waals surface area contributed by atoms with Crippen LogP contribution in [0, 0.1) is 17.8 Å². The summed E-state index contributed by atoms with van der Waals surface area (Å²) in [5.41, 5.74) is 0.0115. The molecular weight excluding hydrogens is 530 g/mol. The van der Waals surface area contributed by atoms with Gasteiger partial charge in [0.05, 0.1) is 11.0 Å². The first kappa shape index (κ1) is 33.9. The molecule has 1 N–H and O–H groups in total. The molecule has 1 amide bonds. The van der Waals surface area contributed by atoms with Crippen molar-refractivity contribution in [2.24, 2.45) is 17.8 Å². The van der Waals surface area contributed by atoms with Gasteiger partial charge in [-0.3, -0.25) is 19.3 Å². The number of carboxylic acids is 1. The third kappa shape index (κ3) is 9.36. The number of esters is 1. The molecule has 2 heterocycles. The fourth-order valence-electron chi connectivity index (χ4n) is 5.44. The predicted octanol–water partition coefficient (Wildman–Crippen LogP) is 5.59. The zero-order valence-electron chi connectivity index (χ0n) is 25.4. The molecule has 1 aromatic heterocycles. The highest BCUT2D eigenvalue weighted by Gasteiger charge is 2.38. The number of thiazole rings is 1. The molecule has 10 heteroatoms. The third-order valence-corrected chi connectivity index (χ3v) is 9.32. The smallest absolute Gasteiger partial charge is 0.355 e. The van der Waals surface area contributed by atoms with Gasteiger partial charge in [-0.1, -0.05) is 54.4 Å². The monoisotopic (exact) mass is 579 g/mol. The number of ether oxygens (including phenoxy) is 1. The van der Waals surface area contributed by atoms with E-state index in [4.69, 9.17) is 4.74 Å². The van der Waals surface area contributed by atoms with Crippen LogP contribution in [0.1, 0.15) is 114 Å². The molecule has 0 saturated carbocycles. The molecule has 226 valence electrons. The minimum atomic E-state index is -1.07. The maximum Gasteiger partial charge on any atom is 0.355 e. The average Bonchev–Trinajstić information content (AvgIpc) is 3.41. The first-order chi connectivity index (χ1) is 18.9. The summed E-state index contributed by atoms with van der Waals surface area (Å²) in [6.07, 6.45) is 5.24. The number of rotatable bonds is 16. The van der Waals surface area contributed by atoms with Crippen LogP contribution in [0.2, 0.25) is 0 Å². The lowest BCUT2D eigenvalue weighted by molar-refractivity contribution is -0.160. The molecule has 0 spiro atoms. The molecule has 1 aliphatic rings. The van der Waals surface area contributed by atoms with Crippen molar-refractivity contribution in [3.63, 3.8) is 0 Å². The number of carboxylic acid groups (broad SMARTS) is 1. The molecule has 1 unspecified atom stereocenters. The van der Waals surface area contributed by atoms with Crippen molar-refractivity contribution < 1.29 is 29.0 Å². The zero-order chi connectivity index (χ0) is 30.0. The first-order valence-corrected chi connectivity index (χ1v) is 15.7. The number of Topliss-reactive ketones (excluding diaryl/α,β-unsaturated/α-hetero) is 1. The lowest BCUT2D eigenvalue weighted by Gasteiger charge is -2.39. The van der Waals surface area contributed by atoms with Crippen molar-refractivity contribution in [3.8, 4) is 0 Å². The molecule has 1 saturated heterocycles. The summed E-state index contributed by atoms with van der Waals surface area (Å²) >= 11 is 1.29. The Kier molecular flexibility index (Phi) is 13.7. The molecule has 1 aromatic rings. The van der Waals surface area contributed by atoms with Crippen molar-refractivity contribution >= 4 is 35.0 Å². The summed E-state index contributed by atoms with van der Waals surface area (Å²) in [4.78, 5) is 59.6. The first-order valence-electron chi connectivity index (χ1n) is 14.8. The second kappa shape index (κ2) is 16.2. The van der Waals surface area contributed by atoms with Crippen molar-refractivity contribution in [2.45, 2.75) is 111 Å². The van der Waals surface area contributed by atoms with Gasteiger partial charge in [-0.25, -0.2) is 9.78 Å². The van der Waals surface area contributed by atoms with E-state index in [1.165, 1.54) is 16.7 Å². The van der Waals surface area contributed by atoms with E-state index in [2.05, 4.69) is 9.88 Å². The molecule has 1 fully saturated rings. The molecule has 0 aromatic carbocycles. The van der Waals surface area contributed by atoms with Crippen molar-refractivity contribution in [1.29, 1.82) is 0 Å². The van der Waals surface area contributed by atoms with Crippen LogP contribution in [-0.2, 0) is 19.1 Å². The molecule has 1 aliphatic heterocycles. The number of aromatic carboxylic acids is 1. The zero-order valence-corrected chi connectivity index (χ0v) is 26.2. The Labute approximate surface area is 243 Å². The van der Waals surface area contributed by atoms with E-state index in [1.807, 2.05) is 48.6 Å². The van der Waals surface area contributed by atoms with E-state index in [-0.39, 0.29) is 72.8 Å². The topological polar surface area (TPSA) is 117 Å². The number of likely N-dealkylation sites (tertiary alicyclic amines) is 1. The standard InChI is InChI=1S/C30H49N3O6S/c1-8-12-27(35)39-18-33(25(19(3)4)15-21(6)28-31-23(17-40-28)30(37)38)29(36)22(20(5)9-2)16-26(34)24-13-10-11-14-32(24)7/h17,19-22,24-25H,8-16,18H2,1-7H3,(H,37,38)/t20-,21+,22+,24?,25+/m0/s1. The Morgan fingerprint density at radius 3 is 2.42 bits per heavy atom. The van der Waals surface area contributed by atoms with Crippen LogP contribution in [0.25, 0.3) is 0 Å². The molecular formula is C30H49N3O6S. The number of piperidine rings is 1. The van der Waals surface area contributed by atoms with Crippen LogP contribution in [-0.4, -0.2) is 75.9 Å². The third-order valence-electron chi connectivity index (χ3n) is 8.24. The normalized spacial score (nSPS) is 19.1. The average molecular weight is 580 g/mol. The van der Waals surface area contributed by atoms with Crippen LogP contribution in [0.15, 0.2) is 5.38 Å². The van der Waals surface area contributed by atoms with Gasteiger partial charge in [-0.15, -0.1) is 11.3 Å². The Balaban J connectivity index is 2.37. The summed E-state index contributed by atoms with van der Waals surface area (Å²) < 4.78 is 5.60. The van der Waals surface area contributed by atoms with E-state index in [1.54, 1.807) is 4.90 Å². The van der Waals surface area contributed by atoms with Gasteiger partial charge in [-0.05, 0) is 51.1 Å². The fraction of sp³-hybridized carbons (Fsp3) is 0.767. The number of hydrogen-bond acceptors (Lipinski definition) is 8. The summed E-state index contributed by atoms with van der Waals surface area (Å²) in [7, 11) is 1.98. The van der Waals surface area contributed by atoms with Crippen LogP contribution in [0.5, 0.6) is 0 Å². The number of nitrogens with zero attached hydrogens (tertiary/aromatic N) is 3. The largest absolute Gasteiger partial charge is 0.476 e. The maximum absolute atomic E-state index is 14.3. The lowest BCUT2D eigenvalue weighted by atomic mass is 9.82. The molecule has 0 aliphatic carbocycles. The molecule has 40 heavy (non-hydrogen) atoms. The van der Waals surface area contributed by atoms with Crippen molar-refractivity contribution in [3.05, 3.63) is 16.1 Å². The van der Waals surface area contributed by atoms with Gasteiger partial charge in [0, 0.05) is 36.1 Å². The lowest BCUT2D eigenvalue weighted by Crippen LogP contribution is -2.50. The summed E-state index contributed by atoms with van der Waals surface area (Å²) in [5.74, 6) is -2.14.